The van der Waals surface area contributed by atoms with Crippen LogP contribution in [0.1, 0.15) is 32.3 Å². The molecule has 1 aliphatic carbocycles. The Morgan fingerprint density at radius 2 is 1.86 bits per heavy atom. The van der Waals surface area contributed by atoms with Gasteiger partial charge >= 0.3 is 0 Å². The molecule has 1 aliphatic rings. The number of nitrogens with zero attached hydrogens (tertiary/aromatic N) is 1. The Morgan fingerprint density at radius 1 is 1.24 bits per heavy atom. The minimum Gasteiger partial charge on any atom is -0.493 e. The van der Waals surface area contributed by atoms with Gasteiger partial charge in [0.15, 0.2) is 0 Å². The molecule has 4 heteroatoms. The highest BCUT2D eigenvalue weighted by atomic mass is 35.5. The highest BCUT2D eigenvalue weighted by Crippen LogP contribution is 2.29. The van der Waals surface area contributed by atoms with E-state index in [-0.39, 0.29) is 17.8 Å². The Bertz CT molecular complexity index is 415. The second-order valence-electron chi connectivity index (χ2n) is 6.94. The van der Waals surface area contributed by atoms with Gasteiger partial charge in [-0.25, -0.2) is 0 Å². The fourth-order valence-corrected chi connectivity index (χ4v) is 2.35. The summed E-state index contributed by atoms with van der Waals surface area (Å²) in [5.74, 6) is 1.80. The SMILES string of the molecule is CN(Cc1ccc(OCC2CC2)cc1)CC(C)(C)CN.Cl. The minimum atomic E-state index is 0. The van der Waals surface area contributed by atoms with Crippen LogP contribution in [0.25, 0.3) is 0 Å². The summed E-state index contributed by atoms with van der Waals surface area (Å²) in [6.45, 7) is 7.96. The Labute approximate surface area is 135 Å². The fourth-order valence-electron chi connectivity index (χ4n) is 2.35. The van der Waals surface area contributed by atoms with Gasteiger partial charge in [0.05, 0.1) is 6.61 Å². The second-order valence-corrected chi connectivity index (χ2v) is 6.94. The van der Waals surface area contributed by atoms with E-state index < -0.39 is 0 Å². The van der Waals surface area contributed by atoms with Crippen molar-refractivity contribution in [2.24, 2.45) is 17.1 Å². The van der Waals surface area contributed by atoms with Crippen molar-refractivity contribution in [2.45, 2.75) is 33.2 Å². The van der Waals surface area contributed by atoms with Crippen molar-refractivity contribution in [2.75, 3.05) is 26.7 Å². The maximum absolute atomic E-state index is 5.79. The number of benzene rings is 1. The Hall–Kier alpha value is -0.770. The molecule has 0 aliphatic heterocycles. The monoisotopic (exact) mass is 312 g/mol. The van der Waals surface area contributed by atoms with Crippen molar-refractivity contribution in [1.82, 2.24) is 4.90 Å². The first kappa shape index (κ1) is 18.3. The Morgan fingerprint density at radius 3 is 2.38 bits per heavy atom. The van der Waals surface area contributed by atoms with E-state index in [0.29, 0.717) is 6.54 Å². The number of rotatable bonds is 8. The van der Waals surface area contributed by atoms with Gasteiger partial charge in [-0.05, 0) is 55.5 Å². The van der Waals surface area contributed by atoms with Crippen molar-refractivity contribution in [1.29, 1.82) is 0 Å². The van der Waals surface area contributed by atoms with E-state index in [1.807, 2.05) is 0 Å². The lowest BCUT2D eigenvalue weighted by molar-refractivity contribution is 0.210. The molecule has 0 aromatic heterocycles. The van der Waals surface area contributed by atoms with E-state index in [0.717, 1.165) is 31.4 Å². The van der Waals surface area contributed by atoms with Gasteiger partial charge in [-0.2, -0.15) is 0 Å². The van der Waals surface area contributed by atoms with E-state index in [9.17, 15) is 0 Å². The summed E-state index contributed by atoms with van der Waals surface area (Å²) in [7, 11) is 2.15. The third-order valence-electron chi connectivity index (χ3n) is 3.81. The van der Waals surface area contributed by atoms with Gasteiger partial charge in [0.2, 0.25) is 0 Å². The molecule has 0 spiro atoms. The van der Waals surface area contributed by atoms with Crippen LogP contribution in [0.4, 0.5) is 0 Å². The lowest BCUT2D eigenvalue weighted by Gasteiger charge is -2.29. The lowest BCUT2D eigenvalue weighted by atomic mass is 9.93. The van der Waals surface area contributed by atoms with Crippen LogP contribution < -0.4 is 10.5 Å². The molecule has 0 amide bonds. The van der Waals surface area contributed by atoms with Crippen molar-refractivity contribution < 1.29 is 4.74 Å². The molecule has 1 fully saturated rings. The molecule has 21 heavy (non-hydrogen) atoms. The van der Waals surface area contributed by atoms with Gasteiger partial charge in [-0.15, -0.1) is 12.4 Å². The molecule has 3 nitrogen and oxygen atoms in total. The average Bonchev–Trinajstić information content (AvgIpc) is 3.21. The van der Waals surface area contributed by atoms with Gasteiger partial charge in [0, 0.05) is 13.1 Å². The van der Waals surface area contributed by atoms with Gasteiger partial charge in [0.25, 0.3) is 0 Å². The van der Waals surface area contributed by atoms with Crippen molar-refractivity contribution >= 4 is 12.4 Å². The standard InChI is InChI=1S/C17H28N2O.ClH/c1-17(2,12-18)13-19(3)10-14-6-8-16(9-7-14)20-11-15-4-5-15;/h6-9,15H,4-5,10-13,18H2,1-3H3;1H. The molecular weight excluding hydrogens is 284 g/mol. The topological polar surface area (TPSA) is 38.5 Å². The van der Waals surface area contributed by atoms with Crippen LogP contribution in [0.15, 0.2) is 24.3 Å². The van der Waals surface area contributed by atoms with Gasteiger partial charge in [0.1, 0.15) is 5.75 Å². The first-order valence-electron chi connectivity index (χ1n) is 7.59. The summed E-state index contributed by atoms with van der Waals surface area (Å²) in [5.41, 5.74) is 7.27. The summed E-state index contributed by atoms with van der Waals surface area (Å²) in [4.78, 5) is 2.33. The van der Waals surface area contributed by atoms with E-state index in [4.69, 9.17) is 10.5 Å². The molecular formula is C17H29ClN2O. The fraction of sp³-hybridized carbons (Fsp3) is 0.647. The number of ether oxygens (including phenoxy) is 1. The third kappa shape index (κ3) is 6.68. The van der Waals surface area contributed by atoms with Crippen LogP contribution in [0.3, 0.4) is 0 Å². The van der Waals surface area contributed by atoms with Crippen LogP contribution in [0, 0.1) is 11.3 Å². The smallest absolute Gasteiger partial charge is 0.119 e. The predicted molar refractivity (Wildman–Crippen MR) is 91.1 cm³/mol. The molecule has 0 bridgehead atoms. The first-order chi connectivity index (χ1) is 9.48. The molecule has 0 unspecified atom stereocenters. The number of hydrogen-bond donors (Lipinski definition) is 1. The summed E-state index contributed by atoms with van der Waals surface area (Å²) >= 11 is 0. The average molecular weight is 313 g/mol. The second kappa shape index (κ2) is 8.02. The summed E-state index contributed by atoms with van der Waals surface area (Å²) in [5, 5.41) is 0. The van der Waals surface area contributed by atoms with E-state index in [1.165, 1.54) is 18.4 Å². The molecule has 0 saturated heterocycles. The predicted octanol–water partition coefficient (Wildman–Crippen LogP) is 3.31. The maximum atomic E-state index is 5.79. The van der Waals surface area contributed by atoms with Crippen molar-refractivity contribution in [3.8, 4) is 5.75 Å². The van der Waals surface area contributed by atoms with E-state index in [1.54, 1.807) is 0 Å². The van der Waals surface area contributed by atoms with Crippen LogP contribution >= 0.6 is 12.4 Å². The summed E-state index contributed by atoms with van der Waals surface area (Å²) < 4.78 is 5.76. The largest absolute Gasteiger partial charge is 0.493 e. The minimum absolute atomic E-state index is 0. The molecule has 1 aromatic carbocycles. The lowest BCUT2D eigenvalue weighted by Crippen LogP contribution is -2.36. The van der Waals surface area contributed by atoms with Crippen molar-refractivity contribution in [3.63, 3.8) is 0 Å². The number of hydrogen-bond acceptors (Lipinski definition) is 3. The number of halogens is 1. The molecule has 0 radical (unpaired) electrons. The van der Waals surface area contributed by atoms with Crippen LogP contribution in [-0.4, -0.2) is 31.6 Å². The first-order valence-corrected chi connectivity index (χ1v) is 7.59. The molecule has 120 valence electrons. The summed E-state index contributed by atoms with van der Waals surface area (Å²) in [6, 6.07) is 8.49. The van der Waals surface area contributed by atoms with Crippen molar-refractivity contribution in [3.05, 3.63) is 29.8 Å². The molecule has 1 saturated carbocycles. The normalized spacial score (nSPS) is 14.9. The van der Waals surface area contributed by atoms with Crippen LogP contribution in [0.5, 0.6) is 5.75 Å². The van der Waals surface area contributed by atoms with Gasteiger partial charge in [-0.3, -0.25) is 0 Å². The molecule has 0 heterocycles. The van der Waals surface area contributed by atoms with E-state index >= 15 is 0 Å². The maximum Gasteiger partial charge on any atom is 0.119 e. The zero-order valence-electron chi connectivity index (χ0n) is 13.5. The van der Waals surface area contributed by atoms with Gasteiger partial charge in [-0.1, -0.05) is 26.0 Å². The molecule has 2 N–H and O–H groups in total. The van der Waals surface area contributed by atoms with E-state index in [2.05, 4.69) is 50.1 Å². The summed E-state index contributed by atoms with van der Waals surface area (Å²) in [6.07, 6.45) is 2.67. The van der Waals surface area contributed by atoms with Gasteiger partial charge < -0.3 is 15.4 Å². The third-order valence-corrected chi connectivity index (χ3v) is 3.81. The highest BCUT2D eigenvalue weighted by molar-refractivity contribution is 5.85. The molecule has 1 aromatic rings. The Kier molecular flexibility index (Phi) is 6.98. The zero-order chi connectivity index (χ0) is 14.6. The Balaban J connectivity index is 0.00000220. The quantitative estimate of drug-likeness (QED) is 0.800. The highest BCUT2D eigenvalue weighted by Gasteiger charge is 2.22. The van der Waals surface area contributed by atoms with Crippen LogP contribution in [0.2, 0.25) is 0 Å². The zero-order valence-corrected chi connectivity index (χ0v) is 14.3. The molecule has 2 rings (SSSR count). The van der Waals surface area contributed by atoms with Crippen LogP contribution in [-0.2, 0) is 6.54 Å². The number of nitrogens with two attached hydrogens (primary N) is 1. The molecule has 0 atom stereocenters.